The zero-order valence-corrected chi connectivity index (χ0v) is 17.5. The van der Waals surface area contributed by atoms with Crippen molar-refractivity contribution in [2.24, 2.45) is 0 Å². The molecule has 2 heterocycles. The molecule has 0 unspecified atom stereocenters. The third-order valence-corrected chi connectivity index (χ3v) is 5.44. The van der Waals surface area contributed by atoms with E-state index in [1.807, 2.05) is 53.2 Å². The smallest absolute Gasteiger partial charge is 0.314 e. The number of likely N-dealkylation sites (tertiary alicyclic amines) is 1. The summed E-state index contributed by atoms with van der Waals surface area (Å²) in [5, 5.41) is 5.33. The molecule has 0 aliphatic carbocycles. The van der Waals surface area contributed by atoms with Crippen molar-refractivity contribution >= 4 is 23.2 Å². The summed E-state index contributed by atoms with van der Waals surface area (Å²) in [4.78, 5) is 31.1. The Labute approximate surface area is 182 Å². The summed E-state index contributed by atoms with van der Waals surface area (Å²) in [5.41, 5.74) is 3.42. The lowest BCUT2D eigenvalue weighted by Gasteiger charge is -2.14. The molecule has 1 aliphatic heterocycles. The van der Waals surface area contributed by atoms with Crippen LogP contribution in [0, 0.1) is 0 Å². The van der Waals surface area contributed by atoms with Crippen molar-refractivity contribution in [3.05, 3.63) is 78.4 Å². The van der Waals surface area contributed by atoms with Gasteiger partial charge in [0.15, 0.2) is 0 Å². The number of carbonyl (C=O) groups is 2. The van der Waals surface area contributed by atoms with Crippen molar-refractivity contribution in [3.8, 4) is 0 Å². The fraction of sp³-hybridized carbons (Fsp3) is 0.292. The summed E-state index contributed by atoms with van der Waals surface area (Å²) >= 11 is 0. The number of anilines is 2. The van der Waals surface area contributed by atoms with Gasteiger partial charge in [-0.15, -0.1) is 0 Å². The van der Waals surface area contributed by atoms with Gasteiger partial charge in [0.2, 0.25) is 0 Å². The molecule has 7 nitrogen and oxygen atoms in total. The molecule has 4 rings (SSSR count). The van der Waals surface area contributed by atoms with Crippen molar-refractivity contribution in [2.45, 2.75) is 25.8 Å². The first kappa shape index (κ1) is 20.8. The number of aromatic nitrogens is 2. The lowest BCUT2D eigenvalue weighted by Crippen LogP contribution is -2.29. The van der Waals surface area contributed by atoms with E-state index in [-0.39, 0.29) is 0 Å². The Morgan fingerprint density at radius 3 is 2.35 bits per heavy atom. The Morgan fingerprint density at radius 1 is 0.903 bits per heavy atom. The van der Waals surface area contributed by atoms with E-state index in [0.717, 1.165) is 18.5 Å². The summed E-state index contributed by atoms with van der Waals surface area (Å²) in [7, 11) is 0. The molecule has 3 aromatic rings. The summed E-state index contributed by atoms with van der Waals surface area (Å²) < 4.78 is 1.93. The van der Waals surface area contributed by atoms with E-state index in [2.05, 4.69) is 20.5 Å². The van der Waals surface area contributed by atoms with Crippen LogP contribution in [0.4, 0.5) is 11.4 Å². The molecular weight excluding hydrogens is 390 g/mol. The molecule has 2 amide bonds. The van der Waals surface area contributed by atoms with Gasteiger partial charge in [0.1, 0.15) is 0 Å². The Balaban J connectivity index is 1.27. The van der Waals surface area contributed by atoms with Crippen molar-refractivity contribution in [1.82, 2.24) is 14.5 Å². The quantitative estimate of drug-likeness (QED) is 0.579. The minimum absolute atomic E-state index is 0.579. The minimum Gasteiger partial charge on any atom is -0.333 e. The second-order valence-corrected chi connectivity index (χ2v) is 7.84. The van der Waals surface area contributed by atoms with Gasteiger partial charge in [-0.3, -0.25) is 9.59 Å². The second kappa shape index (κ2) is 10.0. The highest BCUT2D eigenvalue weighted by Crippen LogP contribution is 2.14. The lowest BCUT2D eigenvalue weighted by atomic mass is 10.1. The van der Waals surface area contributed by atoms with E-state index in [0.29, 0.717) is 17.9 Å². The SMILES string of the molecule is O=C(Nc1ccc(CCN2CCCC2)cc1)C(=O)Nc1cccc(Cn2ccnc2)c1. The van der Waals surface area contributed by atoms with Gasteiger partial charge in [0.25, 0.3) is 0 Å². The fourth-order valence-electron chi connectivity index (χ4n) is 3.76. The maximum atomic E-state index is 12.3. The molecule has 2 aromatic carbocycles. The van der Waals surface area contributed by atoms with Crippen LogP contribution in [0.25, 0.3) is 0 Å². The molecule has 0 spiro atoms. The average molecular weight is 418 g/mol. The molecule has 160 valence electrons. The number of nitrogens with zero attached hydrogens (tertiary/aromatic N) is 3. The maximum Gasteiger partial charge on any atom is 0.314 e. The van der Waals surface area contributed by atoms with Crippen LogP contribution in [0.1, 0.15) is 24.0 Å². The van der Waals surface area contributed by atoms with Crippen LogP contribution in [0.2, 0.25) is 0 Å². The molecule has 1 fully saturated rings. The molecular formula is C24H27N5O2. The van der Waals surface area contributed by atoms with E-state index >= 15 is 0 Å². The monoisotopic (exact) mass is 417 g/mol. The Hall–Kier alpha value is -3.45. The van der Waals surface area contributed by atoms with Crippen LogP contribution in [-0.4, -0.2) is 45.9 Å². The number of hydrogen-bond donors (Lipinski definition) is 2. The molecule has 0 radical (unpaired) electrons. The van der Waals surface area contributed by atoms with Crippen molar-refractivity contribution in [3.63, 3.8) is 0 Å². The first-order valence-electron chi connectivity index (χ1n) is 10.6. The Morgan fingerprint density at radius 2 is 1.65 bits per heavy atom. The van der Waals surface area contributed by atoms with E-state index in [9.17, 15) is 9.59 Å². The standard InChI is InChI=1S/C24H27N5O2/c30-23(26-21-8-6-19(7-9-21)10-14-28-12-1-2-13-28)24(31)27-22-5-3-4-20(16-22)17-29-15-11-25-18-29/h3-9,11,15-16,18H,1-2,10,12-14,17H2,(H,26,30)(H,27,31). The van der Waals surface area contributed by atoms with Crippen molar-refractivity contribution in [2.75, 3.05) is 30.3 Å². The highest BCUT2D eigenvalue weighted by Gasteiger charge is 2.15. The highest BCUT2D eigenvalue weighted by atomic mass is 16.2. The van der Waals surface area contributed by atoms with Gasteiger partial charge in [0, 0.05) is 36.9 Å². The van der Waals surface area contributed by atoms with Gasteiger partial charge in [-0.05, 0) is 67.7 Å². The first-order chi connectivity index (χ1) is 15.2. The fourth-order valence-corrected chi connectivity index (χ4v) is 3.76. The zero-order valence-electron chi connectivity index (χ0n) is 17.5. The minimum atomic E-state index is -0.696. The average Bonchev–Trinajstić information content (AvgIpc) is 3.48. The molecule has 1 aromatic heterocycles. The second-order valence-electron chi connectivity index (χ2n) is 7.84. The van der Waals surface area contributed by atoms with E-state index in [4.69, 9.17) is 0 Å². The molecule has 0 saturated carbocycles. The number of benzene rings is 2. The van der Waals surface area contributed by atoms with E-state index in [1.54, 1.807) is 18.6 Å². The van der Waals surface area contributed by atoms with Crippen molar-refractivity contribution in [1.29, 1.82) is 0 Å². The van der Waals surface area contributed by atoms with Gasteiger partial charge >= 0.3 is 11.8 Å². The predicted octanol–water partition coefficient (Wildman–Crippen LogP) is 3.15. The lowest BCUT2D eigenvalue weighted by molar-refractivity contribution is -0.132. The van der Waals surface area contributed by atoms with Crippen LogP contribution < -0.4 is 10.6 Å². The van der Waals surface area contributed by atoms with Gasteiger partial charge in [-0.25, -0.2) is 4.98 Å². The van der Waals surface area contributed by atoms with Gasteiger partial charge < -0.3 is 20.1 Å². The van der Waals surface area contributed by atoms with Crippen LogP contribution in [0.3, 0.4) is 0 Å². The van der Waals surface area contributed by atoms with E-state index in [1.165, 1.54) is 31.5 Å². The molecule has 0 bridgehead atoms. The highest BCUT2D eigenvalue weighted by molar-refractivity contribution is 6.43. The molecule has 0 atom stereocenters. The number of rotatable bonds is 7. The topological polar surface area (TPSA) is 79.3 Å². The number of hydrogen-bond acceptors (Lipinski definition) is 4. The molecule has 7 heteroatoms. The van der Waals surface area contributed by atoms with E-state index < -0.39 is 11.8 Å². The molecule has 1 saturated heterocycles. The van der Waals surface area contributed by atoms with Crippen LogP contribution in [0.5, 0.6) is 0 Å². The number of amides is 2. The maximum absolute atomic E-state index is 12.3. The third-order valence-electron chi connectivity index (χ3n) is 5.44. The molecule has 1 aliphatic rings. The number of nitrogens with one attached hydrogen (secondary N) is 2. The largest absolute Gasteiger partial charge is 0.333 e. The van der Waals surface area contributed by atoms with Crippen molar-refractivity contribution < 1.29 is 9.59 Å². The van der Waals surface area contributed by atoms with Crippen LogP contribution in [0.15, 0.2) is 67.3 Å². The molecule has 31 heavy (non-hydrogen) atoms. The summed E-state index contributed by atoms with van der Waals surface area (Å²) in [6.07, 6.45) is 8.90. The summed E-state index contributed by atoms with van der Waals surface area (Å²) in [6.45, 7) is 4.08. The molecule has 2 N–H and O–H groups in total. The van der Waals surface area contributed by atoms with Gasteiger partial charge in [0.05, 0.1) is 6.33 Å². The zero-order chi connectivity index (χ0) is 21.5. The Kier molecular flexibility index (Phi) is 6.74. The number of carbonyl (C=O) groups excluding carboxylic acids is 2. The normalized spacial score (nSPS) is 13.8. The van der Waals surface area contributed by atoms with Gasteiger partial charge in [-0.2, -0.15) is 0 Å². The predicted molar refractivity (Wildman–Crippen MR) is 121 cm³/mol. The first-order valence-corrected chi connectivity index (χ1v) is 10.6. The van der Waals surface area contributed by atoms with Crippen LogP contribution in [-0.2, 0) is 22.6 Å². The summed E-state index contributed by atoms with van der Waals surface area (Å²) in [6, 6.07) is 15.1. The Bertz CT molecular complexity index is 1010. The van der Waals surface area contributed by atoms with Crippen LogP contribution >= 0.6 is 0 Å². The third kappa shape index (κ3) is 6.02. The van der Waals surface area contributed by atoms with Gasteiger partial charge in [-0.1, -0.05) is 24.3 Å². The summed E-state index contributed by atoms with van der Waals surface area (Å²) in [5.74, 6) is -1.39. The number of imidazole rings is 1.